The first-order valence-corrected chi connectivity index (χ1v) is 12.9. The highest BCUT2D eigenvalue weighted by Gasteiger charge is 2.25. The number of anilines is 2. The molecule has 1 aromatic carbocycles. The van der Waals surface area contributed by atoms with Crippen molar-refractivity contribution in [3.8, 4) is 11.8 Å². The molecule has 3 heterocycles. The van der Waals surface area contributed by atoms with E-state index >= 15 is 0 Å². The average molecular weight is 507 g/mol. The molecular formula is C27H34N6O4. The van der Waals surface area contributed by atoms with Crippen molar-refractivity contribution in [3.63, 3.8) is 0 Å². The van der Waals surface area contributed by atoms with E-state index in [1.807, 2.05) is 12.1 Å². The van der Waals surface area contributed by atoms with Crippen LogP contribution in [0.3, 0.4) is 0 Å². The highest BCUT2D eigenvalue weighted by Crippen LogP contribution is 2.32. The topological polar surface area (TPSA) is 102 Å². The minimum atomic E-state index is -0.121. The van der Waals surface area contributed by atoms with Crippen molar-refractivity contribution in [1.82, 2.24) is 19.9 Å². The Balaban J connectivity index is 1.19. The van der Waals surface area contributed by atoms with Crippen LogP contribution in [0.1, 0.15) is 25.7 Å². The average Bonchev–Trinajstić information content (AvgIpc) is 2.93. The first-order chi connectivity index (χ1) is 18.0. The molecular weight excluding hydrogens is 472 g/mol. The van der Waals surface area contributed by atoms with Crippen LogP contribution in [0.4, 0.5) is 11.8 Å². The number of ether oxygens (including phenoxy) is 3. The number of pyridine rings is 1. The summed E-state index contributed by atoms with van der Waals surface area (Å²) in [5.74, 6) is 2.41. The monoisotopic (exact) mass is 506 g/mol. The zero-order valence-electron chi connectivity index (χ0n) is 21.4. The predicted molar refractivity (Wildman–Crippen MR) is 141 cm³/mol. The minimum Gasteiger partial charge on any atom is -0.474 e. The van der Waals surface area contributed by atoms with Crippen molar-refractivity contribution in [2.75, 3.05) is 57.2 Å². The molecule has 0 bridgehead atoms. The van der Waals surface area contributed by atoms with Crippen molar-refractivity contribution in [3.05, 3.63) is 42.6 Å². The van der Waals surface area contributed by atoms with E-state index in [0.29, 0.717) is 30.9 Å². The maximum absolute atomic E-state index is 11.8. The fraction of sp³-hybridized carbons (Fsp3) is 0.481. The summed E-state index contributed by atoms with van der Waals surface area (Å²) in [6, 6.07) is 12.3. The largest absolute Gasteiger partial charge is 0.474 e. The number of morpholine rings is 1. The fourth-order valence-electron chi connectivity index (χ4n) is 4.62. The molecule has 0 spiro atoms. The molecule has 2 fully saturated rings. The molecule has 1 saturated carbocycles. The summed E-state index contributed by atoms with van der Waals surface area (Å²) in [7, 11) is 3.39. The van der Waals surface area contributed by atoms with Gasteiger partial charge in [-0.25, -0.2) is 4.98 Å². The number of aromatic nitrogens is 3. The van der Waals surface area contributed by atoms with E-state index in [2.05, 4.69) is 38.4 Å². The highest BCUT2D eigenvalue weighted by atomic mass is 16.5. The molecule has 1 amide bonds. The second-order valence-corrected chi connectivity index (χ2v) is 9.64. The summed E-state index contributed by atoms with van der Waals surface area (Å²) in [6.45, 7) is 3.05. The Morgan fingerprint density at radius 2 is 1.89 bits per heavy atom. The number of benzene rings is 1. The van der Waals surface area contributed by atoms with Gasteiger partial charge >= 0.3 is 0 Å². The van der Waals surface area contributed by atoms with Crippen LogP contribution in [0.15, 0.2) is 42.6 Å². The number of nitrogens with zero attached hydrogens (tertiary/aromatic N) is 5. The molecule has 1 aliphatic carbocycles. The second-order valence-electron chi connectivity index (χ2n) is 9.64. The molecule has 196 valence electrons. The van der Waals surface area contributed by atoms with Crippen molar-refractivity contribution in [1.29, 1.82) is 0 Å². The SMILES string of the molecule is CN(C)C(=O)COc1ccnc(N[C@H]2CC[C@@H](Oc3nc(N4CCOCC4)cc4ccccc34)CC2)n1. The number of likely N-dealkylation sites (N-methyl/N-ethyl adjacent to an activating group) is 1. The molecule has 0 radical (unpaired) electrons. The Hall–Kier alpha value is -3.66. The smallest absolute Gasteiger partial charge is 0.260 e. The molecule has 2 aliphatic rings. The van der Waals surface area contributed by atoms with Crippen molar-refractivity contribution in [2.24, 2.45) is 0 Å². The zero-order valence-corrected chi connectivity index (χ0v) is 21.4. The molecule has 2 aromatic heterocycles. The van der Waals surface area contributed by atoms with Crippen LogP contribution in [0.5, 0.6) is 11.8 Å². The molecule has 1 saturated heterocycles. The molecule has 3 aromatic rings. The number of amides is 1. The minimum absolute atomic E-state index is 0.0542. The standard InChI is InChI=1S/C27H34N6O4/c1-32(2)25(34)18-36-24-11-12-28-27(31-24)29-20-7-9-21(10-8-20)37-26-22-6-4-3-5-19(22)17-23(30-26)33-13-15-35-16-14-33/h3-6,11-12,17,20-21H,7-10,13-16,18H2,1-2H3,(H,28,29,31)/t20-,21+. The normalized spacial score (nSPS) is 19.9. The van der Waals surface area contributed by atoms with Gasteiger partial charge in [0.15, 0.2) is 6.61 Å². The number of hydrogen-bond acceptors (Lipinski definition) is 9. The molecule has 1 N–H and O–H groups in total. The van der Waals surface area contributed by atoms with Gasteiger partial charge in [0.25, 0.3) is 5.91 Å². The van der Waals surface area contributed by atoms with Crippen molar-refractivity contribution >= 4 is 28.4 Å². The first kappa shape index (κ1) is 25.0. The Morgan fingerprint density at radius 1 is 1.11 bits per heavy atom. The van der Waals surface area contributed by atoms with Gasteiger partial charge in [0.2, 0.25) is 17.7 Å². The third kappa shape index (κ3) is 6.37. The van der Waals surface area contributed by atoms with E-state index in [-0.39, 0.29) is 24.7 Å². The van der Waals surface area contributed by atoms with Gasteiger partial charge in [0.1, 0.15) is 11.9 Å². The molecule has 37 heavy (non-hydrogen) atoms. The van der Waals surface area contributed by atoms with Gasteiger partial charge in [-0.2, -0.15) is 9.97 Å². The van der Waals surface area contributed by atoms with E-state index in [4.69, 9.17) is 19.2 Å². The maximum atomic E-state index is 11.8. The summed E-state index contributed by atoms with van der Waals surface area (Å²) in [4.78, 5) is 29.2. The fourth-order valence-corrected chi connectivity index (χ4v) is 4.62. The van der Waals surface area contributed by atoms with E-state index in [9.17, 15) is 4.79 Å². The number of carbonyl (C=O) groups is 1. The number of hydrogen-bond donors (Lipinski definition) is 1. The number of nitrogens with one attached hydrogen (secondary N) is 1. The lowest BCUT2D eigenvalue weighted by molar-refractivity contribution is -0.130. The van der Waals surface area contributed by atoms with Gasteiger partial charge < -0.3 is 29.3 Å². The van der Waals surface area contributed by atoms with Gasteiger partial charge in [-0.15, -0.1) is 0 Å². The summed E-state index contributed by atoms with van der Waals surface area (Å²) >= 11 is 0. The second kappa shape index (κ2) is 11.6. The van der Waals surface area contributed by atoms with E-state index in [1.165, 1.54) is 4.90 Å². The molecule has 1 aliphatic heterocycles. The number of fused-ring (bicyclic) bond motifs is 1. The zero-order chi connectivity index (χ0) is 25.6. The number of carbonyl (C=O) groups excluding carboxylic acids is 1. The van der Waals surface area contributed by atoms with Crippen LogP contribution >= 0.6 is 0 Å². The molecule has 10 nitrogen and oxygen atoms in total. The van der Waals surface area contributed by atoms with Gasteiger partial charge in [-0.1, -0.05) is 18.2 Å². The number of rotatable bonds is 8. The maximum Gasteiger partial charge on any atom is 0.260 e. The van der Waals surface area contributed by atoms with Gasteiger partial charge in [0, 0.05) is 50.9 Å². The van der Waals surface area contributed by atoms with E-state index < -0.39 is 0 Å². The summed E-state index contributed by atoms with van der Waals surface area (Å²) in [5.41, 5.74) is 0. The molecule has 10 heteroatoms. The lowest BCUT2D eigenvalue weighted by atomic mass is 9.93. The van der Waals surface area contributed by atoms with Crippen LogP contribution < -0.4 is 19.7 Å². The Morgan fingerprint density at radius 3 is 2.68 bits per heavy atom. The molecule has 5 rings (SSSR count). The molecule has 0 atom stereocenters. The predicted octanol–water partition coefficient (Wildman–Crippen LogP) is 3.13. The van der Waals surface area contributed by atoms with E-state index in [1.54, 1.807) is 26.4 Å². The lowest BCUT2D eigenvalue weighted by Gasteiger charge is -2.31. The third-order valence-corrected chi connectivity index (χ3v) is 6.79. The van der Waals surface area contributed by atoms with Crippen LogP contribution in [0, 0.1) is 0 Å². The summed E-state index contributed by atoms with van der Waals surface area (Å²) in [6.07, 6.45) is 5.41. The first-order valence-electron chi connectivity index (χ1n) is 12.9. The van der Waals surface area contributed by atoms with E-state index in [0.717, 1.165) is 55.4 Å². The summed E-state index contributed by atoms with van der Waals surface area (Å²) < 4.78 is 17.5. The van der Waals surface area contributed by atoms with Crippen LogP contribution in [-0.2, 0) is 9.53 Å². The third-order valence-electron chi connectivity index (χ3n) is 6.79. The van der Waals surface area contributed by atoms with Gasteiger partial charge in [-0.3, -0.25) is 4.79 Å². The quantitative estimate of drug-likeness (QED) is 0.494. The van der Waals surface area contributed by atoms with Gasteiger partial charge in [-0.05, 0) is 43.2 Å². The Kier molecular flexibility index (Phi) is 7.84. The Labute approximate surface area is 216 Å². The van der Waals surface area contributed by atoms with Crippen LogP contribution in [0.25, 0.3) is 10.8 Å². The Bertz CT molecular complexity index is 1210. The van der Waals surface area contributed by atoms with Crippen LogP contribution in [0.2, 0.25) is 0 Å². The van der Waals surface area contributed by atoms with Gasteiger partial charge in [0.05, 0.1) is 13.2 Å². The van der Waals surface area contributed by atoms with Crippen molar-refractivity contribution in [2.45, 2.75) is 37.8 Å². The lowest BCUT2D eigenvalue weighted by Crippen LogP contribution is -2.37. The highest BCUT2D eigenvalue weighted by molar-refractivity contribution is 5.89. The van der Waals surface area contributed by atoms with Crippen molar-refractivity contribution < 1.29 is 19.0 Å². The summed E-state index contributed by atoms with van der Waals surface area (Å²) in [5, 5.41) is 5.59. The van der Waals surface area contributed by atoms with Crippen LogP contribution in [-0.4, -0.2) is 84.9 Å². The molecule has 0 unspecified atom stereocenters.